The van der Waals surface area contributed by atoms with Crippen LogP contribution in [0.25, 0.3) is 11.0 Å². The first kappa shape index (κ1) is 17.0. The third-order valence-corrected chi connectivity index (χ3v) is 5.86. The summed E-state index contributed by atoms with van der Waals surface area (Å²) in [7, 11) is 0. The zero-order valence-corrected chi connectivity index (χ0v) is 15.5. The van der Waals surface area contributed by atoms with Crippen LogP contribution in [0.4, 0.5) is 0 Å². The van der Waals surface area contributed by atoms with Crippen molar-refractivity contribution in [1.82, 2.24) is 14.9 Å². The number of carbonyl (C=O) groups excluding carboxylic acids is 1. The summed E-state index contributed by atoms with van der Waals surface area (Å²) in [5.74, 6) is 0.0614. The van der Waals surface area contributed by atoms with E-state index in [2.05, 4.69) is 39.3 Å². The van der Waals surface area contributed by atoms with Crippen molar-refractivity contribution >= 4 is 40.0 Å². The molecule has 2 aromatic heterocycles. The molecule has 0 fully saturated rings. The molecule has 2 heterocycles. The van der Waals surface area contributed by atoms with Crippen molar-refractivity contribution < 1.29 is 4.79 Å². The molecule has 0 spiro atoms. The third-order valence-electron chi connectivity index (χ3n) is 3.84. The van der Waals surface area contributed by atoms with E-state index in [1.165, 1.54) is 16.6 Å². The summed E-state index contributed by atoms with van der Waals surface area (Å²) < 4.78 is 2.16. The first-order valence-electron chi connectivity index (χ1n) is 8.11. The van der Waals surface area contributed by atoms with Gasteiger partial charge in [0.15, 0.2) is 5.16 Å². The zero-order chi connectivity index (χ0) is 16.9. The molecule has 1 amide bonds. The molecule has 1 N–H and O–H groups in total. The lowest BCUT2D eigenvalue weighted by molar-refractivity contribution is -0.120. The number of nitrogens with one attached hydrogen (secondary N) is 1. The maximum absolute atomic E-state index is 12.3. The van der Waals surface area contributed by atoms with Gasteiger partial charge in [-0.25, -0.2) is 4.98 Å². The number of hydrogen-bond acceptors (Lipinski definition) is 4. The van der Waals surface area contributed by atoms with Crippen LogP contribution in [0.2, 0.25) is 0 Å². The van der Waals surface area contributed by atoms with Crippen molar-refractivity contribution in [2.45, 2.75) is 37.2 Å². The molecule has 0 aliphatic heterocycles. The fourth-order valence-corrected chi connectivity index (χ4v) is 4.29. The Morgan fingerprint density at radius 3 is 2.92 bits per heavy atom. The molecule has 126 valence electrons. The minimum absolute atomic E-state index is 0.0614. The van der Waals surface area contributed by atoms with E-state index in [9.17, 15) is 4.79 Å². The van der Waals surface area contributed by atoms with E-state index >= 15 is 0 Å². The van der Waals surface area contributed by atoms with Crippen LogP contribution in [0.1, 0.15) is 18.7 Å². The molecule has 1 unspecified atom stereocenters. The molecule has 4 nitrogen and oxygen atoms in total. The van der Waals surface area contributed by atoms with Gasteiger partial charge in [0.05, 0.1) is 16.3 Å². The molecule has 3 aromatic rings. The van der Waals surface area contributed by atoms with Gasteiger partial charge in [-0.3, -0.25) is 4.79 Å². The topological polar surface area (TPSA) is 46.9 Å². The molecule has 1 aromatic carbocycles. The summed E-state index contributed by atoms with van der Waals surface area (Å²) in [6.07, 6.45) is 0.883. The third kappa shape index (κ3) is 3.82. The van der Waals surface area contributed by atoms with Gasteiger partial charge in [-0.15, -0.1) is 11.3 Å². The largest absolute Gasteiger partial charge is 0.355 e. The number of carbonyl (C=O) groups is 1. The van der Waals surface area contributed by atoms with Crippen molar-refractivity contribution in [2.75, 3.05) is 6.54 Å². The smallest absolute Gasteiger partial charge is 0.233 e. The van der Waals surface area contributed by atoms with Gasteiger partial charge in [0.2, 0.25) is 5.91 Å². The monoisotopic (exact) mass is 359 g/mol. The van der Waals surface area contributed by atoms with E-state index in [0.29, 0.717) is 6.54 Å². The Morgan fingerprint density at radius 2 is 2.17 bits per heavy atom. The van der Waals surface area contributed by atoms with Crippen LogP contribution in [-0.4, -0.2) is 27.3 Å². The van der Waals surface area contributed by atoms with Gasteiger partial charge in [-0.05, 0) is 43.8 Å². The highest BCUT2D eigenvalue weighted by Crippen LogP contribution is 2.27. The Bertz CT molecular complexity index is 811. The normalized spacial score (nSPS) is 12.4. The van der Waals surface area contributed by atoms with E-state index in [1.54, 1.807) is 11.3 Å². The number of rotatable bonds is 7. The maximum Gasteiger partial charge on any atom is 0.233 e. The lowest BCUT2D eigenvalue weighted by Gasteiger charge is -2.12. The highest BCUT2D eigenvalue weighted by Gasteiger charge is 2.18. The molecule has 0 aliphatic rings. The zero-order valence-electron chi connectivity index (χ0n) is 13.9. The van der Waals surface area contributed by atoms with Crippen LogP contribution < -0.4 is 5.32 Å². The molecule has 0 bridgehead atoms. The first-order valence-corrected chi connectivity index (χ1v) is 9.87. The van der Waals surface area contributed by atoms with E-state index in [-0.39, 0.29) is 11.2 Å². The number of thiophene rings is 1. The van der Waals surface area contributed by atoms with Crippen LogP contribution in [0.3, 0.4) is 0 Å². The van der Waals surface area contributed by atoms with Crippen molar-refractivity contribution in [1.29, 1.82) is 0 Å². The van der Waals surface area contributed by atoms with E-state index in [1.807, 2.05) is 31.2 Å². The lowest BCUT2D eigenvalue weighted by Crippen LogP contribution is -2.32. The highest BCUT2D eigenvalue weighted by atomic mass is 32.2. The quantitative estimate of drug-likeness (QED) is 0.650. The van der Waals surface area contributed by atoms with Crippen molar-refractivity contribution in [3.05, 3.63) is 46.7 Å². The molecule has 0 aliphatic carbocycles. The van der Waals surface area contributed by atoms with Crippen LogP contribution >= 0.6 is 23.1 Å². The predicted molar refractivity (Wildman–Crippen MR) is 102 cm³/mol. The summed E-state index contributed by atoms with van der Waals surface area (Å²) >= 11 is 3.24. The molecule has 0 saturated heterocycles. The number of aromatic nitrogens is 2. The van der Waals surface area contributed by atoms with E-state index in [4.69, 9.17) is 0 Å². The molecule has 3 rings (SSSR count). The standard InChI is InChI=1S/C18H21N3OS2/c1-3-21-16-9-5-4-8-15(16)20-18(21)24-13(2)17(22)19-11-10-14-7-6-12-23-14/h4-9,12-13H,3,10-11H2,1-2H3,(H,19,22). The number of imidazole rings is 1. The van der Waals surface area contributed by atoms with Gasteiger partial charge in [0.1, 0.15) is 0 Å². The molecule has 0 radical (unpaired) electrons. The molecular formula is C18H21N3OS2. The van der Waals surface area contributed by atoms with Crippen molar-refractivity contribution in [3.63, 3.8) is 0 Å². The highest BCUT2D eigenvalue weighted by molar-refractivity contribution is 8.00. The SMILES string of the molecule is CCn1c(SC(C)C(=O)NCCc2cccs2)nc2ccccc21. The van der Waals surface area contributed by atoms with Crippen molar-refractivity contribution in [3.8, 4) is 0 Å². The van der Waals surface area contributed by atoms with Crippen molar-refractivity contribution in [2.24, 2.45) is 0 Å². The fourth-order valence-electron chi connectivity index (χ4n) is 2.57. The number of nitrogens with zero attached hydrogens (tertiary/aromatic N) is 2. The average molecular weight is 360 g/mol. The van der Waals surface area contributed by atoms with Gasteiger partial charge < -0.3 is 9.88 Å². The number of fused-ring (bicyclic) bond motifs is 1. The molecule has 1 atom stereocenters. The summed E-state index contributed by atoms with van der Waals surface area (Å²) in [5, 5.41) is 5.81. The van der Waals surface area contributed by atoms with E-state index in [0.717, 1.165) is 29.2 Å². The summed E-state index contributed by atoms with van der Waals surface area (Å²) in [4.78, 5) is 18.3. The summed E-state index contributed by atoms with van der Waals surface area (Å²) in [6, 6.07) is 12.2. The first-order chi connectivity index (χ1) is 11.7. The van der Waals surface area contributed by atoms with E-state index < -0.39 is 0 Å². The number of benzene rings is 1. The van der Waals surface area contributed by atoms with Gasteiger partial charge in [0.25, 0.3) is 0 Å². The minimum Gasteiger partial charge on any atom is -0.355 e. The van der Waals surface area contributed by atoms with Crippen LogP contribution in [0.5, 0.6) is 0 Å². The number of para-hydroxylation sites is 2. The Kier molecular flexibility index (Phi) is 5.58. The number of amides is 1. The second kappa shape index (κ2) is 7.85. The number of thioether (sulfide) groups is 1. The Labute approximate surface area is 150 Å². The molecule has 0 saturated carbocycles. The molecule has 24 heavy (non-hydrogen) atoms. The van der Waals surface area contributed by atoms with Gasteiger partial charge >= 0.3 is 0 Å². The van der Waals surface area contributed by atoms with Gasteiger partial charge in [0, 0.05) is 18.0 Å². The van der Waals surface area contributed by atoms with Crippen LogP contribution in [0.15, 0.2) is 46.9 Å². The Balaban J connectivity index is 1.61. The lowest BCUT2D eigenvalue weighted by atomic mass is 10.3. The van der Waals surface area contributed by atoms with Gasteiger partial charge in [-0.1, -0.05) is 30.0 Å². The average Bonchev–Trinajstić information content (AvgIpc) is 3.21. The fraction of sp³-hybridized carbons (Fsp3) is 0.333. The van der Waals surface area contributed by atoms with Crippen LogP contribution in [-0.2, 0) is 17.8 Å². The maximum atomic E-state index is 12.3. The summed E-state index contributed by atoms with van der Waals surface area (Å²) in [6.45, 7) is 5.55. The number of hydrogen-bond donors (Lipinski definition) is 1. The summed E-state index contributed by atoms with van der Waals surface area (Å²) in [5.41, 5.74) is 2.10. The predicted octanol–water partition coefficient (Wildman–Crippen LogP) is 3.96. The van der Waals surface area contributed by atoms with Gasteiger partial charge in [-0.2, -0.15) is 0 Å². The second-order valence-corrected chi connectivity index (χ2v) is 7.85. The molecule has 6 heteroatoms. The number of aryl methyl sites for hydroxylation is 1. The Hall–Kier alpha value is -1.79. The Morgan fingerprint density at radius 1 is 1.33 bits per heavy atom. The molecular weight excluding hydrogens is 338 g/mol. The van der Waals surface area contributed by atoms with Crippen LogP contribution in [0, 0.1) is 0 Å². The minimum atomic E-state index is -0.171. The second-order valence-electron chi connectivity index (χ2n) is 5.51.